The molecule has 0 bridgehead atoms. The van der Waals surface area contributed by atoms with Crippen LogP contribution in [0.3, 0.4) is 0 Å². The van der Waals surface area contributed by atoms with Crippen molar-refractivity contribution >= 4 is 33.2 Å². The summed E-state index contributed by atoms with van der Waals surface area (Å²) in [5.41, 5.74) is 2.25. The zero-order valence-electron chi connectivity index (χ0n) is 20.1. The van der Waals surface area contributed by atoms with E-state index in [2.05, 4.69) is 10.0 Å². The summed E-state index contributed by atoms with van der Waals surface area (Å²) in [7, 11) is 0.455. The van der Waals surface area contributed by atoms with Crippen molar-refractivity contribution in [2.75, 3.05) is 31.5 Å². The average Bonchev–Trinajstić information content (AvgIpc) is 2.90. The van der Waals surface area contributed by atoms with Crippen LogP contribution in [0, 0.1) is 0 Å². The van der Waals surface area contributed by atoms with Gasteiger partial charge >= 0.3 is 0 Å². The molecule has 0 saturated heterocycles. The van der Waals surface area contributed by atoms with Gasteiger partial charge in [-0.2, -0.15) is 4.72 Å². The number of benzene rings is 3. The molecule has 2 N–H and O–H groups in total. The van der Waals surface area contributed by atoms with E-state index in [0.29, 0.717) is 34.9 Å². The Labute approximate surface area is 210 Å². The van der Waals surface area contributed by atoms with Crippen LogP contribution in [0.1, 0.15) is 23.6 Å². The van der Waals surface area contributed by atoms with Crippen molar-refractivity contribution in [2.24, 2.45) is 0 Å². The molecule has 1 atom stereocenters. The molecule has 4 rings (SSSR count). The number of carbonyl (C=O) groups is 2. The van der Waals surface area contributed by atoms with Crippen LogP contribution >= 0.6 is 0 Å². The standard InChI is InChI=1S/C26H27N3O6S/c1-29(22-13-10-19(34-2)16-23(22)35-3)26(31)25(17-7-5-4-6-8-17)28-36(32,33)20-11-12-21-18(15-20)9-14-24(30)27-21/h4-8,10-13,15-16,25,28H,9,14H2,1-3H3,(H,27,30). The van der Waals surface area contributed by atoms with Gasteiger partial charge in [0.05, 0.1) is 24.8 Å². The average molecular weight is 510 g/mol. The highest BCUT2D eigenvalue weighted by molar-refractivity contribution is 7.89. The van der Waals surface area contributed by atoms with Gasteiger partial charge in [0.2, 0.25) is 21.8 Å². The molecule has 0 saturated carbocycles. The van der Waals surface area contributed by atoms with Gasteiger partial charge in [-0.25, -0.2) is 8.42 Å². The zero-order chi connectivity index (χ0) is 25.9. The number of hydrogen-bond acceptors (Lipinski definition) is 6. The van der Waals surface area contributed by atoms with E-state index in [1.807, 2.05) is 0 Å². The summed E-state index contributed by atoms with van der Waals surface area (Å²) in [5.74, 6) is 0.346. The van der Waals surface area contributed by atoms with Crippen molar-refractivity contribution in [1.82, 2.24) is 4.72 Å². The van der Waals surface area contributed by atoms with E-state index in [1.165, 1.54) is 31.3 Å². The fourth-order valence-electron chi connectivity index (χ4n) is 4.03. The normalized spacial score (nSPS) is 13.8. The molecule has 0 spiro atoms. The second-order valence-corrected chi connectivity index (χ2v) is 9.98. The molecule has 1 aliphatic heterocycles. The summed E-state index contributed by atoms with van der Waals surface area (Å²) in [4.78, 5) is 26.7. The van der Waals surface area contributed by atoms with Gasteiger partial charge in [-0.1, -0.05) is 30.3 Å². The molecule has 3 aromatic rings. The maximum atomic E-state index is 13.7. The van der Waals surface area contributed by atoms with Crippen molar-refractivity contribution in [3.8, 4) is 11.5 Å². The van der Waals surface area contributed by atoms with Crippen LogP contribution in [-0.4, -0.2) is 41.5 Å². The van der Waals surface area contributed by atoms with Crippen LogP contribution < -0.4 is 24.4 Å². The van der Waals surface area contributed by atoms with Crippen LogP contribution in [0.5, 0.6) is 11.5 Å². The third-order valence-corrected chi connectivity index (χ3v) is 7.43. The fourth-order valence-corrected chi connectivity index (χ4v) is 5.26. The molecular weight excluding hydrogens is 482 g/mol. The first-order valence-electron chi connectivity index (χ1n) is 11.2. The highest BCUT2D eigenvalue weighted by Crippen LogP contribution is 2.33. The number of likely N-dealkylation sites (N-methyl/N-ethyl adjacent to an activating group) is 1. The number of anilines is 2. The third kappa shape index (κ3) is 5.19. The Hall–Kier alpha value is -3.89. The maximum Gasteiger partial charge on any atom is 0.249 e. The summed E-state index contributed by atoms with van der Waals surface area (Å²) < 4.78 is 40.1. The number of nitrogens with zero attached hydrogens (tertiary/aromatic N) is 1. The molecule has 2 amide bonds. The molecule has 0 radical (unpaired) electrons. The Morgan fingerprint density at radius 2 is 1.75 bits per heavy atom. The van der Waals surface area contributed by atoms with Gasteiger partial charge in [-0.05, 0) is 47.9 Å². The Morgan fingerprint density at radius 1 is 1.00 bits per heavy atom. The molecular formula is C26H27N3O6S. The quantitative estimate of drug-likeness (QED) is 0.482. The Kier molecular flexibility index (Phi) is 7.27. The van der Waals surface area contributed by atoms with E-state index in [1.54, 1.807) is 61.6 Å². The molecule has 188 valence electrons. The number of amides is 2. The number of carbonyl (C=O) groups excluding carboxylic acids is 2. The minimum atomic E-state index is -4.10. The molecule has 9 nitrogen and oxygen atoms in total. The lowest BCUT2D eigenvalue weighted by atomic mass is 10.0. The SMILES string of the molecule is COc1ccc(N(C)C(=O)C(NS(=O)(=O)c2ccc3c(c2)CCC(=O)N3)c2ccccc2)c(OC)c1. The minimum absolute atomic E-state index is 0.0100. The van der Waals surface area contributed by atoms with E-state index in [0.717, 1.165) is 5.56 Å². The molecule has 1 unspecified atom stereocenters. The topological polar surface area (TPSA) is 114 Å². The van der Waals surface area contributed by atoms with Crippen LogP contribution in [0.4, 0.5) is 11.4 Å². The van der Waals surface area contributed by atoms with E-state index in [4.69, 9.17) is 9.47 Å². The predicted molar refractivity (Wildman–Crippen MR) is 136 cm³/mol. The van der Waals surface area contributed by atoms with Crippen LogP contribution in [0.25, 0.3) is 0 Å². The molecule has 1 heterocycles. The summed E-state index contributed by atoms with van der Waals surface area (Å²) in [6, 6.07) is 16.9. The van der Waals surface area contributed by atoms with Crippen molar-refractivity contribution < 1.29 is 27.5 Å². The molecule has 1 aliphatic rings. The van der Waals surface area contributed by atoms with Crippen LogP contribution in [-0.2, 0) is 26.0 Å². The number of hydrogen-bond donors (Lipinski definition) is 2. The lowest BCUT2D eigenvalue weighted by Gasteiger charge is -2.26. The first kappa shape index (κ1) is 25.2. The largest absolute Gasteiger partial charge is 0.497 e. The third-order valence-electron chi connectivity index (χ3n) is 6.01. The van der Waals surface area contributed by atoms with Crippen molar-refractivity contribution in [3.05, 3.63) is 77.9 Å². The second kappa shape index (κ2) is 10.4. The van der Waals surface area contributed by atoms with Gasteiger partial charge in [0.25, 0.3) is 0 Å². The molecule has 3 aromatic carbocycles. The predicted octanol–water partition coefficient (Wildman–Crippen LogP) is 3.27. The van der Waals surface area contributed by atoms with Gasteiger partial charge in [-0.15, -0.1) is 0 Å². The molecule has 0 aliphatic carbocycles. The zero-order valence-corrected chi connectivity index (χ0v) is 21.0. The summed E-state index contributed by atoms with van der Waals surface area (Å²) in [6.07, 6.45) is 0.717. The number of aryl methyl sites for hydroxylation is 1. The van der Waals surface area contributed by atoms with Crippen molar-refractivity contribution in [1.29, 1.82) is 0 Å². The summed E-state index contributed by atoms with van der Waals surface area (Å²) in [5, 5.41) is 2.74. The van der Waals surface area contributed by atoms with E-state index < -0.39 is 22.0 Å². The van der Waals surface area contributed by atoms with Gasteiger partial charge in [-0.3, -0.25) is 9.59 Å². The summed E-state index contributed by atoms with van der Waals surface area (Å²) >= 11 is 0. The molecule has 0 fully saturated rings. The number of nitrogens with one attached hydrogen (secondary N) is 2. The fraction of sp³-hybridized carbons (Fsp3) is 0.231. The summed E-state index contributed by atoms with van der Waals surface area (Å²) in [6.45, 7) is 0. The molecule has 10 heteroatoms. The molecule has 0 aromatic heterocycles. The Morgan fingerprint density at radius 3 is 2.44 bits per heavy atom. The number of rotatable bonds is 8. The van der Waals surface area contributed by atoms with Gasteiger partial charge in [0.15, 0.2) is 0 Å². The second-order valence-electron chi connectivity index (χ2n) is 8.27. The Balaban J connectivity index is 1.68. The Bertz CT molecular complexity index is 1390. The smallest absolute Gasteiger partial charge is 0.249 e. The van der Waals surface area contributed by atoms with Crippen molar-refractivity contribution in [3.63, 3.8) is 0 Å². The van der Waals surface area contributed by atoms with E-state index in [-0.39, 0.29) is 17.2 Å². The maximum absolute atomic E-state index is 13.7. The van der Waals surface area contributed by atoms with Gasteiger partial charge < -0.3 is 19.7 Å². The number of sulfonamides is 1. The van der Waals surface area contributed by atoms with Gasteiger partial charge in [0.1, 0.15) is 17.5 Å². The number of ether oxygens (including phenoxy) is 2. The minimum Gasteiger partial charge on any atom is -0.497 e. The van der Waals surface area contributed by atoms with Crippen molar-refractivity contribution in [2.45, 2.75) is 23.8 Å². The monoisotopic (exact) mass is 509 g/mol. The lowest BCUT2D eigenvalue weighted by Crippen LogP contribution is -2.41. The molecule has 36 heavy (non-hydrogen) atoms. The first-order chi connectivity index (χ1) is 17.2. The highest BCUT2D eigenvalue weighted by Gasteiger charge is 2.31. The van der Waals surface area contributed by atoms with Gasteiger partial charge in [0, 0.05) is 25.2 Å². The number of methoxy groups -OCH3 is 2. The number of fused-ring (bicyclic) bond motifs is 1. The highest BCUT2D eigenvalue weighted by atomic mass is 32.2. The lowest BCUT2D eigenvalue weighted by molar-refractivity contribution is -0.120. The first-order valence-corrected chi connectivity index (χ1v) is 12.7. The van der Waals surface area contributed by atoms with Crippen LogP contribution in [0.15, 0.2) is 71.6 Å². The van der Waals surface area contributed by atoms with E-state index >= 15 is 0 Å². The van der Waals surface area contributed by atoms with Crippen LogP contribution in [0.2, 0.25) is 0 Å². The van der Waals surface area contributed by atoms with E-state index in [9.17, 15) is 18.0 Å².